The maximum atomic E-state index is 13.5. The highest BCUT2D eigenvalue weighted by Crippen LogP contribution is 2.43. The van der Waals surface area contributed by atoms with Gasteiger partial charge >= 0.3 is 12.3 Å². The van der Waals surface area contributed by atoms with E-state index in [1.807, 2.05) is 0 Å². The monoisotopic (exact) mass is 523 g/mol. The zero-order valence-electron chi connectivity index (χ0n) is 20.3. The van der Waals surface area contributed by atoms with Gasteiger partial charge in [0.25, 0.3) is 5.91 Å². The SMILES string of the molecule is C[C@](O)(c1ccc(C(=O)N(C2CC2)[C@H]2CC[C@@](COC(N)=O)(c3ccc(F)cn3)CC2)cc1)C(F)(F)F. The number of primary amides is 1. The molecule has 0 saturated heterocycles. The fraction of sp³-hybridized carbons (Fsp3) is 0.500. The molecule has 2 fully saturated rings. The minimum Gasteiger partial charge on any atom is -0.449 e. The highest BCUT2D eigenvalue weighted by atomic mass is 19.4. The summed E-state index contributed by atoms with van der Waals surface area (Å²) in [5.74, 6) is -0.775. The lowest BCUT2D eigenvalue weighted by atomic mass is 9.70. The van der Waals surface area contributed by atoms with Gasteiger partial charge in [-0.05, 0) is 75.3 Å². The lowest BCUT2D eigenvalue weighted by Gasteiger charge is -2.43. The molecule has 0 aliphatic heterocycles. The third-order valence-corrected chi connectivity index (χ3v) is 7.49. The molecule has 3 N–H and O–H groups in total. The van der Waals surface area contributed by atoms with Crippen molar-refractivity contribution < 1.29 is 37.0 Å². The van der Waals surface area contributed by atoms with Crippen LogP contribution in [0.15, 0.2) is 42.6 Å². The van der Waals surface area contributed by atoms with Crippen LogP contribution in [0.3, 0.4) is 0 Å². The first-order chi connectivity index (χ1) is 17.3. The minimum absolute atomic E-state index is 0.0222. The zero-order valence-corrected chi connectivity index (χ0v) is 20.3. The molecule has 2 aliphatic carbocycles. The van der Waals surface area contributed by atoms with E-state index in [1.165, 1.54) is 18.2 Å². The fourth-order valence-electron chi connectivity index (χ4n) is 5.04. The summed E-state index contributed by atoms with van der Waals surface area (Å²) >= 11 is 0. The number of aliphatic hydroxyl groups is 1. The molecule has 2 aromatic rings. The Balaban J connectivity index is 1.52. The molecule has 2 amide bonds. The first-order valence-corrected chi connectivity index (χ1v) is 12.1. The van der Waals surface area contributed by atoms with Crippen molar-refractivity contribution in [2.45, 2.75) is 74.7 Å². The standard InChI is InChI=1S/C26H29F4N3O4/c1-24(36,26(28,29)30)17-4-2-16(3-5-17)22(34)33(19-7-8-19)20-10-12-25(13-11-20,15-37-23(31)35)21-9-6-18(27)14-32-21/h2-6,9,14,19-20,36H,7-8,10-13,15H2,1H3,(H2,31,35)/t20-,24-,25+/m0/s1. The van der Waals surface area contributed by atoms with E-state index in [9.17, 15) is 32.3 Å². The molecule has 7 nitrogen and oxygen atoms in total. The first kappa shape index (κ1) is 26.8. The van der Waals surface area contributed by atoms with E-state index < -0.39 is 29.1 Å². The van der Waals surface area contributed by atoms with Crippen molar-refractivity contribution in [3.05, 3.63) is 65.2 Å². The Kier molecular flexibility index (Phi) is 7.20. The lowest BCUT2D eigenvalue weighted by molar-refractivity contribution is -0.258. The number of pyridine rings is 1. The summed E-state index contributed by atoms with van der Waals surface area (Å²) in [6.07, 6.45) is -0.878. The molecule has 200 valence electrons. The number of aromatic nitrogens is 1. The van der Waals surface area contributed by atoms with E-state index >= 15 is 0 Å². The molecule has 2 aliphatic rings. The van der Waals surface area contributed by atoms with Crippen LogP contribution in [0, 0.1) is 5.82 Å². The van der Waals surface area contributed by atoms with Gasteiger partial charge in [-0.1, -0.05) is 12.1 Å². The van der Waals surface area contributed by atoms with Gasteiger partial charge in [0.1, 0.15) is 12.4 Å². The minimum atomic E-state index is -4.86. The van der Waals surface area contributed by atoms with Gasteiger partial charge < -0.3 is 20.5 Å². The molecule has 37 heavy (non-hydrogen) atoms. The molecule has 0 unspecified atom stereocenters. The summed E-state index contributed by atoms with van der Waals surface area (Å²) in [6, 6.07) is 7.61. The normalized spacial score (nSPS) is 23.7. The van der Waals surface area contributed by atoms with Gasteiger partial charge in [-0.3, -0.25) is 9.78 Å². The second kappa shape index (κ2) is 9.92. The topological polar surface area (TPSA) is 106 Å². The van der Waals surface area contributed by atoms with Crippen molar-refractivity contribution in [2.75, 3.05) is 6.61 Å². The molecule has 4 rings (SSSR count). The molecule has 11 heteroatoms. The van der Waals surface area contributed by atoms with E-state index in [2.05, 4.69) is 4.98 Å². The molecule has 1 atom stereocenters. The number of amides is 2. The van der Waals surface area contributed by atoms with Gasteiger partial charge in [-0.15, -0.1) is 0 Å². The van der Waals surface area contributed by atoms with Crippen LogP contribution in [0.25, 0.3) is 0 Å². The van der Waals surface area contributed by atoms with Gasteiger partial charge in [-0.25, -0.2) is 9.18 Å². The van der Waals surface area contributed by atoms with E-state index in [-0.39, 0.29) is 35.7 Å². The highest BCUT2D eigenvalue weighted by Gasteiger charge is 2.51. The number of hydrogen-bond donors (Lipinski definition) is 2. The molecule has 0 spiro atoms. The molecule has 0 bridgehead atoms. The number of nitrogens with two attached hydrogens (primary N) is 1. The molecular weight excluding hydrogens is 494 g/mol. The van der Waals surface area contributed by atoms with Gasteiger partial charge in [-0.2, -0.15) is 13.2 Å². The van der Waals surface area contributed by atoms with Crippen LogP contribution in [0.4, 0.5) is 22.4 Å². The van der Waals surface area contributed by atoms with Crippen molar-refractivity contribution in [1.82, 2.24) is 9.88 Å². The van der Waals surface area contributed by atoms with E-state index in [4.69, 9.17) is 10.5 Å². The number of rotatable bonds is 7. The summed E-state index contributed by atoms with van der Waals surface area (Å²) in [4.78, 5) is 30.8. The largest absolute Gasteiger partial charge is 0.449 e. The Morgan fingerprint density at radius 3 is 2.16 bits per heavy atom. The van der Waals surface area contributed by atoms with Crippen LogP contribution < -0.4 is 5.73 Å². The number of nitrogens with zero attached hydrogens (tertiary/aromatic N) is 2. The van der Waals surface area contributed by atoms with Crippen LogP contribution in [-0.2, 0) is 15.8 Å². The van der Waals surface area contributed by atoms with Crippen LogP contribution >= 0.6 is 0 Å². The van der Waals surface area contributed by atoms with Gasteiger partial charge in [0, 0.05) is 23.1 Å². The number of alkyl halides is 3. The molecular formula is C26H29F4N3O4. The Morgan fingerprint density at radius 2 is 1.68 bits per heavy atom. The second-order valence-electron chi connectivity index (χ2n) is 10.1. The van der Waals surface area contributed by atoms with Crippen molar-refractivity contribution in [3.8, 4) is 0 Å². The predicted molar refractivity (Wildman–Crippen MR) is 125 cm³/mol. The van der Waals surface area contributed by atoms with Gasteiger partial charge in [0.05, 0.1) is 11.9 Å². The molecule has 0 radical (unpaired) electrons. The third kappa shape index (κ3) is 5.56. The molecule has 1 aromatic carbocycles. The maximum Gasteiger partial charge on any atom is 0.421 e. The highest BCUT2D eigenvalue weighted by molar-refractivity contribution is 5.95. The van der Waals surface area contributed by atoms with Crippen molar-refractivity contribution in [2.24, 2.45) is 5.73 Å². The van der Waals surface area contributed by atoms with Crippen molar-refractivity contribution >= 4 is 12.0 Å². The van der Waals surface area contributed by atoms with Crippen LogP contribution in [-0.4, -0.2) is 51.9 Å². The van der Waals surface area contributed by atoms with E-state index in [0.29, 0.717) is 38.3 Å². The fourth-order valence-corrected chi connectivity index (χ4v) is 5.04. The third-order valence-electron chi connectivity index (χ3n) is 7.49. The summed E-state index contributed by atoms with van der Waals surface area (Å²) < 4.78 is 58.2. The lowest BCUT2D eigenvalue weighted by Crippen LogP contribution is -2.48. The summed E-state index contributed by atoms with van der Waals surface area (Å²) in [5, 5.41) is 9.91. The zero-order chi connectivity index (χ0) is 27.0. The Hall–Kier alpha value is -3.21. The average molecular weight is 524 g/mol. The van der Waals surface area contributed by atoms with Gasteiger partial charge in [0.2, 0.25) is 0 Å². The van der Waals surface area contributed by atoms with Crippen molar-refractivity contribution in [3.63, 3.8) is 0 Å². The molecule has 1 aromatic heterocycles. The van der Waals surface area contributed by atoms with Crippen LogP contribution in [0.2, 0.25) is 0 Å². The second-order valence-corrected chi connectivity index (χ2v) is 10.1. The summed E-state index contributed by atoms with van der Waals surface area (Å²) in [5.41, 5.74) is 1.94. The van der Waals surface area contributed by atoms with Crippen LogP contribution in [0.1, 0.15) is 67.1 Å². The van der Waals surface area contributed by atoms with E-state index in [0.717, 1.165) is 31.2 Å². The number of hydrogen-bond acceptors (Lipinski definition) is 5. The number of carbonyl (C=O) groups excluding carboxylic acids is 2. The maximum absolute atomic E-state index is 13.5. The Labute approximate surface area is 211 Å². The number of carbonyl (C=O) groups is 2. The van der Waals surface area contributed by atoms with Gasteiger partial charge in [0.15, 0.2) is 5.60 Å². The summed E-state index contributed by atoms with van der Waals surface area (Å²) in [6.45, 7) is 0.651. The predicted octanol–water partition coefficient (Wildman–Crippen LogP) is 4.57. The average Bonchev–Trinajstić information content (AvgIpc) is 3.69. The number of halogens is 4. The first-order valence-electron chi connectivity index (χ1n) is 12.1. The quantitative estimate of drug-likeness (QED) is 0.518. The molecule has 1 heterocycles. The number of benzene rings is 1. The van der Waals surface area contributed by atoms with Crippen LogP contribution in [0.5, 0.6) is 0 Å². The molecule has 2 saturated carbocycles. The van der Waals surface area contributed by atoms with E-state index in [1.54, 1.807) is 11.0 Å². The number of ether oxygens (including phenoxy) is 1. The summed E-state index contributed by atoms with van der Waals surface area (Å²) in [7, 11) is 0. The Morgan fingerprint density at radius 1 is 1.08 bits per heavy atom. The smallest absolute Gasteiger partial charge is 0.421 e. The Bertz CT molecular complexity index is 1120. The van der Waals surface area contributed by atoms with Crippen molar-refractivity contribution in [1.29, 1.82) is 0 Å².